The van der Waals surface area contributed by atoms with Gasteiger partial charge in [0, 0.05) is 12.8 Å². The SMILES string of the molecule is BC1=CCC(F)(F)CC1. The van der Waals surface area contributed by atoms with Crippen LogP contribution in [0.25, 0.3) is 0 Å². The van der Waals surface area contributed by atoms with Crippen molar-refractivity contribution in [1.82, 2.24) is 0 Å². The van der Waals surface area contributed by atoms with Crippen LogP contribution in [0.5, 0.6) is 0 Å². The lowest BCUT2D eigenvalue weighted by Gasteiger charge is -2.19. The van der Waals surface area contributed by atoms with Crippen LogP contribution in [-0.4, -0.2) is 13.8 Å². The van der Waals surface area contributed by atoms with Crippen LogP contribution >= 0.6 is 0 Å². The van der Waals surface area contributed by atoms with Gasteiger partial charge < -0.3 is 0 Å². The molecule has 9 heavy (non-hydrogen) atoms. The molecule has 0 aromatic carbocycles. The van der Waals surface area contributed by atoms with E-state index < -0.39 is 5.92 Å². The van der Waals surface area contributed by atoms with E-state index in [0.717, 1.165) is 5.47 Å². The summed E-state index contributed by atoms with van der Waals surface area (Å²) in [5, 5.41) is 0. The van der Waals surface area contributed by atoms with Crippen molar-refractivity contribution in [2.24, 2.45) is 0 Å². The van der Waals surface area contributed by atoms with E-state index in [0.29, 0.717) is 6.42 Å². The molecule has 0 aromatic heterocycles. The van der Waals surface area contributed by atoms with E-state index in [9.17, 15) is 8.78 Å². The molecule has 0 amide bonds. The van der Waals surface area contributed by atoms with Crippen LogP contribution in [0.1, 0.15) is 19.3 Å². The van der Waals surface area contributed by atoms with E-state index in [1.807, 2.05) is 7.85 Å². The van der Waals surface area contributed by atoms with Crippen LogP contribution in [0.3, 0.4) is 0 Å². The highest BCUT2D eigenvalue weighted by Gasteiger charge is 2.29. The summed E-state index contributed by atoms with van der Waals surface area (Å²) in [6.45, 7) is 0. The first-order valence-corrected chi connectivity index (χ1v) is 3.14. The van der Waals surface area contributed by atoms with Crippen molar-refractivity contribution >= 4 is 7.85 Å². The lowest BCUT2D eigenvalue weighted by molar-refractivity contribution is -0.00775. The zero-order valence-electron chi connectivity index (χ0n) is 5.45. The maximum atomic E-state index is 12.3. The van der Waals surface area contributed by atoms with Crippen molar-refractivity contribution in [1.29, 1.82) is 0 Å². The predicted molar refractivity (Wildman–Crippen MR) is 35.4 cm³/mol. The third kappa shape index (κ3) is 1.81. The average molecular weight is 130 g/mol. The van der Waals surface area contributed by atoms with Crippen LogP contribution in [-0.2, 0) is 0 Å². The van der Waals surface area contributed by atoms with E-state index in [2.05, 4.69) is 0 Å². The van der Waals surface area contributed by atoms with E-state index in [1.54, 1.807) is 6.08 Å². The monoisotopic (exact) mass is 130 g/mol. The van der Waals surface area contributed by atoms with Gasteiger partial charge in [-0.25, -0.2) is 8.78 Å². The molecule has 50 valence electrons. The van der Waals surface area contributed by atoms with Gasteiger partial charge in [-0.05, 0) is 6.42 Å². The van der Waals surface area contributed by atoms with Crippen molar-refractivity contribution in [3.8, 4) is 0 Å². The fourth-order valence-electron chi connectivity index (χ4n) is 0.908. The van der Waals surface area contributed by atoms with Crippen LogP contribution in [0.15, 0.2) is 11.5 Å². The van der Waals surface area contributed by atoms with Gasteiger partial charge in [0.25, 0.3) is 5.92 Å². The quantitative estimate of drug-likeness (QED) is 0.434. The van der Waals surface area contributed by atoms with E-state index >= 15 is 0 Å². The summed E-state index contributed by atoms with van der Waals surface area (Å²) in [6.07, 6.45) is 2.17. The van der Waals surface area contributed by atoms with Crippen molar-refractivity contribution in [3.63, 3.8) is 0 Å². The van der Waals surface area contributed by atoms with Crippen LogP contribution in [0, 0.1) is 0 Å². The molecule has 0 bridgehead atoms. The van der Waals surface area contributed by atoms with Gasteiger partial charge in [0.1, 0.15) is 7.85 Å². The average Bonchev–Trinajstić information content (AvgIpc) is 1.78. The van der Waals surface area contributed by atoms with Crippen LogP contribution < -0.4 is 0 Å². The fraction of sp³-hybridized carbons (Fsp3) is 0.667. The Bertz CT molecular complexity index is 140. The molecule has 0 fully saturated rings. The molecule has 3 heteroatoms. The highest BCUT2D eigenvalue weighted by molar-refractivity contribution is 6.21. The highest BCUT2D eigenvalue weighted by Crippen LogP contribution is 2.30. The molecule has 0 aromatic rings. The number of alkyl halides is 2. The number of rotatable bonds is 0. The third-order valence-corrected chi connectivity index (χ3v) is 1.63. The molecule has 0 heterocycles. The topological polar surface area (TPSA) is 0 Å². The lowest BCUT2D eigenvalue weighted by atomic mass is 9.84. The van der Waals surface area contributed by atoms with Crippen molar-refractivity contribution in [2.45, 2.75) is 25.2 Å². The van der Waals surface area contributed by atoms with Gasteiger partial charge in [0.2, 0.25) is 0 Å². The molecule has 0 radical (unpaired) electrons. The minimum Gasteiger partial charge on any atom is -0.207 e. The van der Waals surface area contributed by atoms with E-state index in [1.165, 1.54) is 0 Å². The zero-order chi connectivity index (χ0) is 6.91. The largest absolute Gasteiger partial charge is 0.251 e. The number of hydrogen-bond donors (Lipinski definition) is 0. The minimum absolute atomic E-state index is 0.0370. The first-order chi connectivity index (χ1) is 4.10. The van der Waals surface area contributed by atoms with Gasteiger partial charge >= 0.3 is 0 Å². The second-order valence-corrected chi connectivity index (χ2v) is 2.61. The maximum Gasteiger partial charge on any atom is 0.251 e. The summed E-state index contributed by atoms with van der Waals surface area (Å²) in [6, 6.07) is 0. The summed E-state index contributed by atoms with van der Waals surface area (Å²) in [5.41, 5.74) is 1.10. The molecule has 0 unspecified atom stereocenters. The van der Waals surface area contributed by atoms with Gasteiger partial charge in [0.15, 0.2) is 0 Å². The normalized spacial score (nSPS) is 25.3. The zero-order valence-corrected chi connectivity index (χ0v) is 5.45. The summed E-state index contributed by atoms with van der Waals surface area (Å²) < 4.78 is 24.7. The Kier molecular flexibility index (Phi) is 1.60. The molecule has 0 spiro atoms. The summed E-state index contributed by atoms with van der Waals surface area (Å²) in [4.78, 5) is 0. The molecular formula is C6H9BF2. The molecule has 0 nitrogen and oxygen atoms in total. The molecule has 1 aliphatic rings. The van der Waals surface area contributed by atoms with Gasteiger partial charge in [-0.2, -0.15) is 0 Å². The Hall–Kier alpha value is -0.335. The lowest BCUT2D eigenvalue weighted by Crippen LogP contribution is -2.18. The van der Waals surface area contributed by atoms with Gasteiger partial charge in [-0.1, -0.05) is 6.08 Å². The van der Waals surface area contributed by atoms with Crippen LogP contribution in [0.4, 0.5) is 8.78 Å². The molecular weight excluding hydrogens is 121 g/mol. The smallest absolute Gasteiger partial charge is 0.207 e. The fourth-order valence-corrected chi connectivity index (χ4v) is 0.908. The molecule has 1 rings (SSSR count). The number of halogens is 2. The summed E-state index contributed by atoms with van der Waals surface area (Å²) in [7, 11) is 1.90. The molecule has 0 atom stereocenters. The molecule has 1 aliphatic carbocycles. The first-order valence-electron chi connectivity index (χ1n) is 3.14. The van der Waals surface area contributed by atoms with Gasteiger partial charge in [0.05, 0.1) is 0 Å². The Labute approximate surface area is 54.4 Å². The highest BCUT2D eigenvalue weighted by atomic mass is 19.3. The number of hydrogen-bond acceptors (Lipinski definition) is 0. The van der Waals surface area contributed by atoms with Crippen molar-refractivity contribution in [2.75, 3.05) is 0 Å². The Morgan fingerprint density at radius 2 is 2.22 bits per heavy atom. The summed E-state index contributed by atoms with van der Waals surface area (Å²) in [5.74, 6) is -2.42. The Balaban J connectivity index is 2.56. The summed E-state index contributed by atoms with van der Waals surface area (Å²) >= 11 is 0. The van der Waals surface area contributed by atoms with E-state index in [-0.39, 0.29) is 12.8 Å². The van der Waals surface area contributed by atoms with Crippen molar-refractivity contribution < 1.29 is 8.78 Å². The van der Waals surface area contributed by atoms with Crippen LogP contribution in [0.2, 0.25) is 0 Å². The second-order valence-electron chi connectivity index (χ2n) is 2.61. The Morgan fingerprint density at radius 3 is 2.56 bits per heavy atom. The van der Waals surface area contributed by atoms with Gasteiger partial charge in [-0.3, -0.25) is 0 Å². The molecule has 0 N–H and O–H groups in total. The molecule has 0 saturated carbocycles. The minimum atomic E-state index is -2.42. The molecule has 0 saturated heterocycles. The number of allylic oxidation sites excluding steroid dienone is 2. The Morgan fingerprint density at radius 1 is 1.56 bits per heavy atom. The predicted octanol–water partition coefficient (Wildman–Crippen LogP) is 1.32. The van der Waals surface area contributed by atoms with Gasteiger partial charge in [-0.15, -0.1) is 5.47 Å². The maximum absolute atomic E-state index is 12.3. The second kappa shape index (κ2) is 2.12. The molecule has 0 aliphatic heterocycles. The van der Waals surface area contributed by atoms with Crippen molar-refractivity contribution in [3.05, 3.63) is 11.5 Å². The third-order valence-electron chi connectivity index (χ3n) is 1.63. The van der Waals surface area contributed by atoms with E-state index in [4.69, 9.17) is 0 Å². The first kappa shape index (κ1) is 6.78. The standard InChI is InChI=1S/C6H9BF2/c7-5-1-3-6(8,9)4-2-5/h1H,2-4,7H2.